The van der Waals surface area contributed by atoms with Crippen LogP contribution in [0.1, 0.15) is 48.0 Å². The number of carbonyl (C=O) groups is 2. The Morgan fingerprint density at radius 2 is 0.897 bits per heavy atom. The minimum Gasteiger partial charge on any atom is -0.444 e. The average molecular weight is 417 g/mol. The van der Waals surface area contributed by atoms with E-state index in [1.165, 1.54) is 0 Å². The quantitative estimate of drug-likeness (QED) is 0.545. The molecule has 0 saturated carbocycles. The lowest BCUT2D eigenvalue weighted by Gasteiger charge is -2.27. The van der Waals surface area contributed by atoms with Gasteiger partial charge in [-0.15, -0.1) is 0 Å². The number of hydrogen-bond donors (Lipinski definition) is 0. The van der Waals surface area contributed by atoms with E-state index < -0.39 is 11.2 Å². The zero-order valence-corrected chi connectivity index (χ0v) is 20.4. The van der Waals surface area contributed by atoms with Crippen LogP contribution in [0.5, 0.6) is 0 Å². The summed E-state index contributed by atoms with van der Waals surface area (Å²) in [5.41, 5.74) is -0.946. The Kier molecular flexibility index (Phi) is 11.6. The van der Waals surface area contributed by atoms with E-state index in [-0.39, 0.29) is 12.2 Å². The third-order valence-electron chi connectivity index (χ3n) is 4.12. The molecule has 0 N–H and O–H groups in total. The molecule has 0 spiro atoms. The largest absolute Gasteiger partial charge is 0.444 e. The average Bonchev–Trinajstić information content (AvgIpc) is 2.54. The normalized spacial score (nSPS) is 12.3. The van der Waals surface area contributed by atoms with Crippen LogP contribution >= 0.6 is 0 Å². The lowest BCUT2D eigenvalue weighted by atomic mass is 10.2. The summed E-state index contributed by atoms with van der Waals surface area (Å²) in [4.78, 5) is 31.6. The lowest BCUT2D eigenvalue weighted by Crippen LogP contribution is -2.39. The maximum absolute atomic E-state index is 12.0. The number of likely N-dealkylation sites (N-methyl/N-ethyl adjacent to an activating group) is 4. The van der Waals surface area contributed by atoms with Gasteiger partial charge in [-0.25, -0.2) is 9.59 Å². The van der Waals surface area contributed by atoms with Crippen LogP contribution in [-0.2, 0) is 9.47 Å². The van der Waals surface area contributed by atoms with Crippen molar-refractivity contribution in [3.63, 3.8) is 0 Å². The van der Waals surface area contributed by atoms with Gasteiger partial charge in [-0.05, 0) is 75.1 Å². The monoisotopic (exact) mass is 416 g/mol. The van der Waals surface area contributed by atoms with Crippen molar-refractivity contribution in [2.75, 3.05) is 67.5 Å². The molecule has 0 rings (SSSR count). The molecule has 0 atom stereocenters. The predicted molar refractivity (Wildman–Crippen MR) is 117 cm³/mol. The fraction of sp³-hybridized carbons (Fsp3) is 0.905. The van der Waals surface area contributed by atoms with Gasteiger partial charge in [0.1, 0.15) is 11.2 Å². The first-order valence-electron chi connectivity index (χ1n) is 10.4. The number of hydrogen-bond acceptors (Lipinski definition) is 6. The van der Waals surface area contributed by atoms with E-state index in [0.717, 1.165) is 32.6 Å². The molecular formula is C21H44N4O4. The molecule has 0 aliphatic carbocycles. The first-order valence-corrected chi connectivity index (χ1v) is 10.4. The van der Waals surface area contributed by atoms with Gasteiger partial charge in [0.2, 0.25) is 0 Å². The molecule has 2 amide bonds. The molecule has 8 nitrogen and oxygen atoms in total. The van der Waals surface area contributed by atoms with Gasteiger partial charge in [0.25, 0.3) is 0 Å². The lowest BCUT2D eigenvalue weighted by molar-refractivity contribution is 0.0280. The van der Waals surface area contributed by atoms with Crippen molar-refractivity contribution in [3.05, 3.63) is 0 Å². The molecule has 0 saturated heterocycles. The van der Waals surface area contributed by atoms with E-state index in [4.69, 9.17) is 9.47 Å². The molecule has 0 radical (unpaired) electrons. The minimum atomic E-state index is -0.473. The highest BCUT2D eigenvalue weighted by Crippen LogP contribution is 2.10. The van der Waals surface area contributed by atoms with Gasteiger partial charge in [-0.2, -0.15) is 0 Å². The molecule has 172 valence electrons. The highest BCUT2D eigenvalue weighted by molar-refractivity contribution is 5.68. The van der Waals surface area contributed by atoms with E-state index in [1.807, 2.05) is 41.5 Å². The van der Waals surface area contributed by atoms with Crippen molar-refractivity contribution in [1.29, 1.82) is 0 Å². The van der Waals surface area contributed by atoms with Crippen molar-refractivity contribution >= 4 is 12.2 Å². The molecule has 0 aliphatic rings. The van der Waals surface area contributed by atoms with Gasteiger partial charge in [0.05, 0.1) is 0 Å². The summed E-state index contributed by atoms with van der Waals surface area (Å²) in [6.07, 6.45) is 0.429. The van der Waals surface area contributed by atoms with Crippen LogP contribution in [0, 0.1) is 0 Å². The van der Waals surface area contributed by atoms with Crippen LogP contribution < -0.4 is 0 Å². The van der Waals surface area contributed by atoms with E-state index in [0.29, 0.717) is 13.1 Å². The Morgan fingerprint density at radius 3 is 1.17 bits per heavy atom. The fourth-order valence-corrected chi connectivity index (χ4v) is 2.34. The van der Waals surface area contributed by atoms with Crippen molar-refractivity contribution in [2.24, 2.45) is 0 Å². The number of nitrogens with zero attached hydrogens (tertiary/aromatic N) is 4. The molecule has 29 heavy (non-hydrogen) atoms. The summed E-state index contributed by atoms with van der Waals surface area (Å²) < 4.78 is 10.7. The SMILES string of the molecule is CN(CCCN(C)CCN(C)C(=O)OC(C)(C)C)CCN(C)C(=O)OC(C)(C)C. The third kappa shape index (κ3) is 15.0. The molecule has 0 unspecified atom stereocenters. The van der Waals surface area contributed by atoms with Crippen LogP contribution in [0.25, 0.3) is 0 Å². The summed E-state index contributed by atoms with van der Waals surface area (Å²) >= 11 is 0. The zero-order chi connectivity index (χ0) is 22.8. The Bertz CT molecular complexity index is 456. The Morgan fingerprint density at radius 1 is 0.586 bits per heavy atom. The van der Waals surface area contributed by atoms with Crippen LogP contribution in [-0.4, -0.2) is 110 Å². The number of carbonyl (C=O) groups excluding carboxylic acids is 2. The molecular weight excluding hydrogens is 372 g/mol. The third-order valence-corrected chi connectivity index (χ3v) is 4.12. The van der Waals surface area contributed by atoms with Crippen molar-refractivity contribution in [2.45, 2.75) is 59.2 Å². The Hall–Kier alpha value is -1.54. The molecule has 0 aromatic heterocycles. The van der Waals surface area contributed by atoms with Gasteiger partial charge < -0.3 is 29.1 Å². The van der Waals surface area contributed by atoms with E-state index in [9.17, 15) is 9.59 Å². The maximum Gasteiger partial charge on any atom is 0.410 e. The van der Waals surface area contributed by atoms with Crippen molar-refractivity contribution in [3.8, 4) is 0 Å². The first kappa shape index (κ1) is 27.5. The summed E-state index contributed by atoms with van der Waals surface area (Å²) in [5.74, 6) is 0. The molecule has 8 heteroatoms. The second-order valence-electron chi connectivity index (χ2n) is 9.76. The fourth-order valence-electron chi connectivity index (χ4n) is 2.34. The smallest absolute Gasteiger partial charge is 0.410 e. The second-order valence-corrected chi connectivity index (χ2v) is 9.76. The van der Waals surface area contributed by atoms with Crippen LogP contribution in [0.15, 0.2) is 0 Å². The molecule has 0 aliphatic heterocycles. The van der Waals surface area contributed by atoms with E-state index in [1.54, 1.807) is 23.9 Å². The standard InChI is InChI=1S/C21H44N4O4/c1-20(2,3)28-18(26)24(9)16-14-22(7)12-11-13-23(8)15-17-25(10)19(27)29-21(4,5)6/h11-17H2,1-10H3. The van der Waals surface area contributed by atoms with Crippen LogP contribution in [0.3, 0.4) is 0 Å². The number of ether oxygens (including phenoxy) is 2. The van der Waals surface area contributed by atoms with E-state index >= 15 is 0 Å². The highest BCUT2D eigenvalue weighted by atomic mass is 16.6. The Balaban J connectivity index is 3.99. The summed E-state index contributed by atoms with van der Waals surface area (Å²) in [5, 5.41) is 0. The van der Waals surface area contributed by atoms with Gasteiger partial charge >= 0.3 is 12.2 Å². The topological polar surface area (TPSA) is 65.6 Å². The van der Waals surface area contributed by atoms with Crippen molar-refractivity contribution in [1.82, 2.24) is 19.6 Å². The molecule has 0 bridgehead atoms. The Labute approximate surface area is 178 Å². The van der Waals surface area contributed by atoms with Gasteiger partial charge in [0, 0.05) is 40.3 Å². The summed E-state index contributed by atoms with van der Waals surface area (Å²) in [6, 6.07) is 0. The van der Waals surface area contributed by atoms with Gasteiger partial charge in [-0.3, -0.25) is 0 Å². The molecule has 0 aromatic carbocycles. The molecule has 0 heterocycles. The van der Waals surface area contributed by atoms with E-state index in [2.05, 4.69) is 23.9 Å². The second kappa shape index (κ2) is 12.2. The van der Waals surface area contributed by atoms with Gasteiger partial charge in [0.15, 0.2) is 0 Å². The summed E-state index contributed by atoms with van der Waals surface area (Å²) in [6.45, 7) is 15.9. The summed E-state index contributed by atoms with van der Waals surface area (Å²) in [7, 11) is 7.63. The van der Waals surface area contributed by atoms with Crippen molar-refractivity contribution < 1.29 is 19.1 Å². The highest BCUT2D eigenvalue weighted by Gasteiger charge is 2.20. The zero-order valence-electron chi connectivity index (χ0n) is 20.4. The minimum absolute atomic E-state index is 0.292. The first-order chi connectivity index (χ1) is 13.1. The molecule has 0 aromatic rings. The molecule has 0 fully saturated rings. The van der Waals surface area contributed by atoms with Crippen LogP contribution in [0.2, 0.25) is 0 Å². The number of rotatable bonds is 10. The maximum atomic E-state index is 12.0. The predicted octanol–water partition coefficient (Wildman–Crippen LogP) is 2.97. The number of amides is 2. The van der Waals surface area contributed by atoms with Gasteiger partial charge in [-0.1, -0.05) is 0 Å². The van der Waals surface area contributed by atoms with Crippen LogP contribution in [0.4, 0.5) is 9.59 Å².